The highest BCUT2D eigenvalue weighted by Crippen LogP contribution is 2.28. The number of ether oxygens (including phenoxy) is 2. The van der Waals surface area contributed by atoms with Crippen molar-refractivity contribution in [1.29, 1.82) is 0 Å². The number of halogens is 2. The molecule has 2 aromatic rings. The Hall–Kier alpha value is -1.53. The number of benzene rings is 1. The molecule has 0 saturated heterocycles. The van der Waals surface area contributed by atoms with Crippen molar-refractivity contribution in [2.45, 2.75) is 49.2 Å². The summed E-state index contributed by atoms with van der Waals surface area (Å²) in [6, 6.07) is 6.18. The first-order valence-electron chi connectivity index (χ1n) is 9.08. The Kier molecular flexibility index (Phi) is 7.29. The summed E-state index contributed by atoms with van der Waals surface area (Å²) in [5, 5.41) is -0.404. The van der Waals surface area contributed by atoms with Gasteiger partial charge in [0.15, 0.2) is 10.8 Å². The Morgan fingerprint density at radius 2 is 1.61 bits per heavy atom. The summed E-state index contributed by atoms with van der Waals surface area (Å²) in [7, 11) is 33.0. The number of aromatic nitrogens is 2. The fourth-order valence-corrected chi connectivity index (χ4v) is 2.55. The summed E-state index contributed by atoms with van der Waals surface area (Å²) in [4.78, 5) is 12.5. The van der Waals surface area contributed by atoms with Gasteiger partial charge in [-0.3, -0.25) is 9.18 Å². The molecular weight excluding hydrogens is 412 g/mol. The number of nitrogens with zero attached hydrogens (tertiary/aromatic N) is 2. The molecule has 1 aromatic carbocycles. The molecule has 2 rings (SSSR count). The van der Waals surface area contributed by atoms with Crippen LogP contribution in [0.15, 0.2) is 35.3 Å². The van der Waals surface area contributed by atoms with Gasteiger partial charge in [-0.2, -0.15) is 5.10 Å². The number of alkyl halides is 1. The lowest BCUT2D eigenvalue weighted by Gasteiger charge is -2.37. The fourth-order valence-electron chi connectivity index (χ4n) is 2.38. The standard InChI is InChI=1S/C18H16B6ClFN2O3/c1-15(2,3)28-14(29)13(25)12(8-27-28)31-16(19,20)11-6-4-10(5-7-11)9-30-18(23,24)17(21,22)26/h4-8H,9H2,1-3H3. The monoisotopic (exact) mass is 428 g/mol. The van der Waals surface area contributed by atoms with E-state index in [0.29, 0.717) is 11.1 Å². The molecule has 0 N–H and O–H groups in total. The quantitative estimate of drug-likeness (QED) is 0.609. The molecule has 0 bridgehead atoms. The normalized spacial score (nSPS) is 13.2. The van der Waals surface area contributed by atoms with Gasteiger partial charge in [0, 0.05) is 16.3 Å². The molecule has 0 spiro atoms. The third-order valence-electron chi connectivity index (χ3n) is 4.28. The Labute approximate surface area is 194 Å². The molecule has 12 radical (unpaired) electrons. The number of hydrogen-bond acceptors (Lipinski definition) is 4. The summed E-state index contributed by atoms with van der Waals surface area (Å²) in [5.74, 6) is -0.0780. The first-order chi connectivity index (χ1) is 14.0. The van der Waals surface area contributed by atoms with Crippen LogP contribution in [0.25, 0.3) is 0 Å². The van der Waals surface area contributed by atoms with E-state index in [1.165, 1.54) is 23.0 Å². The molecule has 0 atom stereocenters. The summed E-state index contributed by atoms with van der Waals surface area (Å²) in [5.41, 5.74) is -3.21. The van der Waals surface area contributed by atoms with E-state index in [1.807, 2.05) is 0 Å². The topological polar surface area (TPSA) is 53.4 Å². The lowest BCUT2D eigenvalue weighted by molar-refractivity contribution is 0.0202. The molecule has 0 aliphatic carbocycles. The molecule has 0 amide bonds. The summed E-state index contributed by atoms with van der Waals surface area (Å²) < 4.78 is 25.4. The van der Waals surface area contributed by atoms with Crippen LogP contribution in [0.1, 0.15) is 31.9 Å². The van der Waals surface area contributed by atoms with Gasteiger partial charge in [0.25, 0.3) is 5.56 Å². The van der Waals surface area contributed by atoms with E-state index in [2.05, 4.69) is 5.10 Å². The molecule has 0 aliphatic heterocycles. The van der Waals surface area contributed by atoms with E-state index in [1.54, 1.807) is 32.9 Å². The predicted molar refractivity (Wildman–Crippen MR) is 123 cm³/mol. The highest BCUT2D eigenvalue weighted by atomic mass is 35.5. The summed E-state index contributed by atoms with van der Waals surface area (Å²) in [6.45, 7) is 5.20. The van der Waals surface area contributed by atoms with E-state index < -0.39 is 27.4 Å². The SMILES string of the molecule is [B]C([B])(Oc1cnn(C(C)(C)C)c(=O)c1Cl)c1ccc(COC([B])([B])C([B])([B])F)cc1. The van der Waals surface area contributed by atoms with E-state index in [-0.39, 0.29) is 17.4 Å². The molecule has 1 aromatic heterocycles. The van der Waals surface area contributed by atoms with Gasteiger partial charge >= 0.3 is 0 Å². The second-order valence-electron chi connectivity index (χ2n) is 8.15. The zero-order valence-electron chi connectivity index (χ0n) is 17.4. The second-order valence-corrected chi connectivity index (χ2v) is 8.53. The molecule has 5 nitrogen and oxygen atoms in total. The van der Waals surface area contributed by atoms with Gasteiger partial charge in [-0.15, -0.1) is 0 Å². The molecule has 0 saturated carbocycles. The highest BCUT2D eigenvalue weighted by Gasteiger charge is 2.35. The Balaban J connectivity index is 2.18. The lowest BCUT2D eigenvalue weighted by Crippen LogP contribution is -2.55. The second kappa shape index (κ2) is 8.78. The predicted octanol–water partition coefficient (Wildman–Crippen LogP) is 0.646. The molecular formula is C18H16B6ClFN2O3. The van der Waals surface area contributed by atoms with Crippen LogP contribution in [-0.2, 0) is 22.3 Å². The molecule has 1 heterocycles. The van der Waals surface area contributed by atoms with Gasteiger partial charge in [-0.05, 0) is 31.9 Å². The fraction of sp³-hybridized carbons (Fsp3) is 0.444. The van der Waals surface area contributed by atoms with Crippen LogP contribution in [-0.4, -0.2) is 67.7 Å². The maximum Gasteiger partial charge on any atom is 0.289 e. The van der Waals surface area contributed by atoms with Crippen molar-refractivity contribution in [2.75, 3.05) is 0 Å². The molecule has 0 unspecified atom stereocenters. The Morgan fingerprint density at radius 1 is 1.06 bits per heavy atom. The largest absolute Gasteiger partial charge is 0.499 e. The maximum absolute atomic E-state index is 13.5. The molecule has 31 heavy (non-hydrogen) atoms. The van der Waals surface area contributed by atoms with Crippen molar-refractivity contribution in [3.05, 3.63) is 57.0 Å². The molecule has 13 heteroatoms. The van der Waals surface area contributed by atoms with Gasteiger partial charge in [-0.25, -0.2) is 4.68 Å². The Bertz CT molecular complexity index is 988. The van der Waals surface area contributed by atoms with E-state index in [9.17, 15) is 9.18 Å². The van der Waals surface area contributed by atoms with Crippen molar-refractivity contribution in [2.24, 2.45) is 0 Å². The van der Waals surface area contributed by atoms with Crippen LogP contribution in [0.4, 0.5) is 4.39 Å². The number of hydrogen-bond donors (Lipinski definition) is 0. The zero-order valence-corrected chi connectivity index (χ0v) is 18.2. The van der Waals surface area contributed by atoms with Crippen molar-refractivity contribution >= 4 is 58.7 Å². The van der Waals surface area contributed by atoms with Gasteiger partial charge in [0.05, 0.1) is 18.3 Å². The average Bonchev–Trinajstić information content (AvgIpc) is 2.62. The molecule has 0 aliphatic rings. The third-order valence-corrected chi connectivity index (χ3v) is 4.63. The summed E-state index contributed by atoms with van der Waals surface area (Å²) >= 11 is 6.14. The van der Waals surface area contributed by atoms with Gasteiger partial charge in [-0.1, -0.05) is 35.9 Å². The first-order valence-corrected chi connectivity index (χ1v) is 9.46. The van der Waals surface area contributed by atoms with Crippen LogP contribution in [0, 0.1) is 0 Å². The van der Waals surface area contributed by atoms with Crippen molar-refractivity contribution in [3.63, 3.8) is 0 Å². The van der Waals surface area contributed by atoms with Crippen LogP contribution in [0.5, 0.6) is 5.75 Å². The smallest absolute Gasteiger partial charge is 0.289 e. The van der Waals surface area contributed by atoms with Crippen LogP contribution in [0.2, 0.25) is 5.02 Å². The minimum Gasteiger partial charge on any atom is -0.499 e. The number of rotatable bonds is 7. The molecule has 148 valence electrons. The minimum absolute atomic E-state index is 0.0780. The third kappa shape index (κ3) is 6.04. The minimum atomic E-state index is -2.95. The summed E-state index contributed by atoms with van der Waals surface area (Å²) in [6.07, 6.45) is 1.26. The van der Waals surface area contributed by atoms with Crippen LogP contribution in [0.3, 0.4) is 0 Å². The van der Waals surface area contributed by atoms with Crippen LogP contribution < -0.4 is 10.3 Å². The van der Waals surface area contributed by atoms with Crippen molar-refractivity contribution in [1.82, 2.24) is 9.78 Å². The van der Waals surface area contributed by atoms with Crippen molar-refractivity contribution < 1.29 is 13.9 Å². The maximum atomic E-state index is 13.5. The highest BCUT2D eigenvalue weighted by molar-refractivity contribution is 6.53. The average molecular weight is 428 g/mol. The van der Waals surface area contributed by atoms with Crippen molar-refractivity contribution in [3.8, 4) is 5.75 Å². The van der Waals surface area contributed by atoms with E-state index >= 15 is 0 Å². The van der Waals surface area contributed by atoms with Gasteiger partial charge in [0.2, 0.25) is 0 Å². The van der Waals surface area contributed by atoms with Gasteiger partial charge < -0.3 is 9.47 Å². The van der Waals surface area contributed by atoms with E-state index in [4.69, 9.17) is 68.2 Å². The Morgan fingerprint density at radius 3 is 2.10 bits per heavy atom. The van der Waals surface area contributed by atoms with E-state index in [0.717, 1.165) is 0 Å². The zero-order chi connectivity index (χ0) is 23.8. The first kappa shape index (κ1) is 25.7. The van der Waals surface area contributed by atoms with Crippen LogP contribution >= 0.6 is 11.6 Å². The lowest BCUT2D eigenvalue weighted by atomic mass is 9.43. The molecule has 0 fully saturated rings. The van der Waals surface area contributed by atoms with Gasteiger partial charge in [0.1, 0.15) is 47.1 Å².